The quantitative estimate of drug-likeness (QED) is 0.762. The van der Waals surface area contributed by atoms with Gasteiger partial charge in [-0.1, -0.05) is 0 Å². The molecule has 2 aromatic rings. The van der Waals surface area contributed by atoms with E-state index in [1.807, 2.05) is 5.32 Å². The lowest BCUT2D eigenvalue weighted by Crippen LogP contribution is -2.42. The third-order valence-corrected chi connectivity index (χ3v) is 3.15. The van der Waals surface area contributed by atoms with Gasteiger partial charge in [0, 0.05) is 12.0 Å². The highest BCUT2D eigenvalue weighted by Crippen LogP contribution is 2.21. The number of oxazole rings is 1. The molecule has 1 aromatic heterocycles. The number of primary amides is 1. The molecule has 9 heteroatoms. The van der Waals surface area contributed by atoms with E-state index in [1.54, 1.807) is 12.1 Å². The number of amides is 3. The van der Waals surface area contributed by atoms with Crippen LogP contribution >= 0.6 is 0 Å². The fraction of sp³-hybridized carbons (Fsp3) is 0.250. The first-order valence-electron chi connectivity index (χ1n) is 7.35. The van der Waals surface area contributed by atoms with E-state index < -0.39 is 24.0 Å². The largest absolute Gasteiger partial charge is 0.453 e. The smallest absolute Gasteiger partial charge is 0.318 e. The minimum Gasteiger partial charge on any atom is -0.453 e. The number of hydrogen-bond acceptors (Lipinski definition) is 6. The van der Waals surface area contributed by atoms with Gasteiger partial charge < -0.3 is 14.9 Å². The summed E-state index contributed by atoms with van der Waals surface area (Å²) in [7, 11) is 0. The van der Waals surface area contributed by atoms with Crippen molar-refractivity contribution in [2.75, 3.05) is 0 Å². The lowest BCUT2D eigenvalue weighted by molar-refractivity contribution is -0.154. The molecule has 0 saturated carbocycles. The number of aryl methyl sites for hydroxylation is 1. The number of carbonyl (C=O) groups is 3. The highest BCUT2D eigenvalue weighted by atomic mass is 19.1. The Morgan fingerprint density at radius 2 is 2.00 bits per heavy atom. The lowest BCUT2D eigenvalue weighted by atomic mass is 10.2. The second kappa shape index (κ2) is 8.04. The summed E-state index contributed by atoms with van der Waals surface area (Å²) < 4.78 is 23.2. The Balaban J connectivity index is 1.85. The van der Waals surface area contributed by atoms with Crippen LogP contribution < -0.4 is 11.1 Å². The second-order valence-electron chi connectivity index (χ2n) is 5.11. The Hall–Kier alpha value is -3.23. The number of nitrogens with zero attached hydrogens (tertiary/aromatic N) is 1. The summed E-state index contributed by atoms with van der Waals surface area (Å²) in [6, 6.07) is 4.67. The summed E-state index contributed by atoms with van der Waals surface area (Å²) >= 11 is 0. The second-order valence-corrected chi connectivity index (χ2v) is 5.11. The number of carbonyl (C=O) groups excluding carboxylic acids is 3. The van der Waals surface area contributed by atoms with E-state index >= 15 is 0 Å². The highest BCUT2D eigenvalue weighted by molar-refractivity contribution is 5.96. The van der Waals surface area contributed by atoms with Crippen LogP contribution in [0, 0.1) is 5.82 Å². The summed E-state index contributed by atoms with van der Waals surface area (Å²) in [6.45, 7) is 1.31. The van der Waals surface area contributed by atoms with Crippen LogP contribution in [0.2, 0.25) is 0 Å². The summed E-state index contributed by atoms with van der Waals surface area (Å²) in [5.41, 5.74) is 5.45. The van der Waals surface area contributed by atoms with Gasteiger partial charge in [-0.25, -0.2) is 14.2 Å². The fourth-order valence-electron chi connectivity index (χ4n) is 1.92. The number of aromatic nitrogens is 1. The maximum atomic E-state index is 12.9. The minimum atomic E-state index is -1.15. The Labute approximate surface area is 142 Å². The molecule has 25 heavy (non-hydrogen) atoms. The molecule has 0 aliphatic rings. The first kappa shape index (κ1) is 18.1. The SMILES string of the molecule is CC(OC(=O)CCc1ncc(-c2ccc(F)cc2)o1)C(=O)NC(N)=O. The zero-order chi connectivity index (χ0) is 18.4. The van der Waals surface area contributed by atoms with Gasteiger partial charge in [0.05, 0.1) is 12.6 Å². The third kappa shape index (κ3) is 5.41. The molecule has 0 spiro atoms. The van der Waals surface area contributed by atoms with Gasteiger partial charge in [0.2, 0.25) is 0 Å². The molecule has 0 saturated heterocycles. The monoisotopic (exact) mass is 349 g/mol. The van der Waals surface area contributed by atoms with Gasteiger partial charge in [0.1, 0.15) is 5.82 Å². The van der Waals surface area contributed by atoms with Crippen LogP contribution in [0.25, 0.3) is 11.3 Å². The summed E-state index contributed by atoms with van der Waals surface area (Å²) in [5.74, 6) is -1.09. The number of halogens is 1. The van der Waals surface area contributed by atoms with E-state index in [1.165, 1.54) is 25.3 Å². The molecule has 2 rings (SSSR count). The topological polar surface area (TPSA) is 125 Å². The predicted octanol–water partition coefficient (Wildman–Crippen LogP) is 1.54. The zero-order valence-corrected chi connectivity index (χ0v) is 13.3. The molecule has 3 N–H and O–H groups in total. The average Bonchev–Trinajstić information content (AvgIpc) is 3.02. The summed E-state index contributed by atoms with van der Waals surface area (Å²) in [5, 5.41) is 1.81. The summed E-state index contributed by atoms with van der Waals surface area (Å²) in [4.78, 5) is 37.7. The fourth-order valence-corrected chi connectivity index (χ4v) is 1.92. The maximum absolute atomic E-state index is 12.9. The van der Waals surface area contributed by atoms with E-state index in [0.29, 0.717) is 17.2 Å². The Bertz CT molecular complexity index is 772. The number of nitrogens with two attached hydrogens (primary N) is 1. The van der Waals surface area contributed by atoms with Crippen LogP contribution in [0.5, 0.6) is 0 Å². The molecule has 1 aromatic carbocycles. The van der Waals surface area contributed by atoms with Gasteiger partial charge in [-0.15, -0.1) is 0 Å². The third-order valence-electron chi connectivity index (χ3n) is 3.15. The number of ether oxygens (including phenoxy) is 1. The molecule has 0 radical (unpaired) electrons. The van der Waals surface area contributed by atoms with E-state index in [2.05, 4.69) is 4.98 Å². The molecule has 8 nitrogen and oxygen atoms in total. The number of esters is 1. The molecule has 1 unspecified atom stereocenters. The summed E-state index contributed by atoms with van der Waals surface area (Å²) in [6.07, 6.45) is 0.401. The molecule has 132 valence electrons. The van der Waals surface area contributed by atoms with Crippen LogP contribution in [-0.4, -0.2) is 29.0 Å². The van der Waals surface area contributed by atoms with Crippen LogP contribution in [0.15, 0.2) is 34.9 Å². The Morgan fingerprint density at radius 1 is 1.32 bits per heavy atom. The van der Waals surface area contributed by atoms with Crippen molar-refractivity contribution < 1.29 is 27.9 Å². The molecular formula is C16H16FN3O5. The predicted molar refractivity (Wildman–Crippen MR) is 83.5 cm³/mol. The van der Waals surface area contributed by atoms with E-state index in [4.69, 9.17) is 14.9 Å². The molecule has 1 atom stereocenters. The van der Waals surface area contributed by atoms with Crippen LogP contribution in [-0.2, 0) is 20.7 Å². The van der Waals surface area contributed by atoms with E-state index in [-0.39, 0.29) is 18.7 Å². The van der Waals surface area contributed by atoms with Crippen molar-refractivity contribution in [3.8, 4) is 11.3 Å². The van der Waals surface area contributed by atoms with Gasteiger partial charge in [0.15, 0.2) is 17.8 Å². The van der Waals surface area contributed by atoms with Crippen molar-refractivity contribution in [1.82, 2.24) is 10.3 Å². The molecule has 0 bridgehead atoms. The number of benzene rings is 1. The molecule has 0 fully saturated rings. The molecular weight excluding hydrogens is 333 g/mol. The van der Waals surface area contributed by atoms with Crippen molar-refractivity contribution in [1.29, 1.82) is 0 Å². The van der Waals surface area contributed by atoms with E-state index in [9.17, 15) is 18.8 Å². The van der Waals surface area contributed by atoms with Crippen molar-refractivity contribution >= 4 is 17.9 Å². The molecule has 0 aliphatic heterocycles. The van der Waals surface area contributed by atoms with E-state index in [0.717, 1.165) is 0 Å². The van der Waals surface area contributed by atoms with Crippen molar-refractivity contribution in [3.63, 3.8) is 0 Å². The minimum absolute atomic E-state index is 0.0719. The van der Waals surface area contributed by atoms with Gasteiger partial charge in [-0.05, 0) is 31.2 Å². The average molecular weight is 349 g/mol. The first-order chi connectivity index (χ1) is 11.8. The number of hydrogen-bond donors (Lipinski definition) is 2. The van der Waals surface area contributed by atoms with Gasteiger partial charge in [-0.3, -0.25) is 14.9 Å². The maximum Gasteiger partial charge on any atom is 0.318 e. The number of nitrogens with one attached hydrogen (secondary N) is 1. The van der Waals surface area contributed by atoms with Crippen molar-refractivity contribution in [3.05, 3.63) is 42.2 Å². The van der Waals surface area contributed by atoms with Gasteiger partial charge in [0.25, 0.3) is 5.91 Å². The van der Waals surface area contributed by atoms with Crippen LogP contribution in [0.1, 0.15) is 19.2 Å². The number of imide groups is 1. The van der Waals surface area contributed by atoms with Crippen LogP contribution in [0.4, 0.5) is 9.18 Å². The van der Waals surface area contributed by atoms with Gasteiger partial charge in [-0.2, -0.15) is 0 Å². The molecule has 3 amide bonds. The highest BCUT2D eigenvalue weighted by Gasteiger charge is 2.19. The van der Waals surface area contributed by atoms with Gasteiger partial charge >= 0.3 is 12.0 Å². The standard InChI is InChI=1S/C16H16FN3O5/c1-9(15(22)20-16(18)23)24-14(21)7-6-13-19-8-12(25-13)10-2-4-11(17)5-3-10/h2-5,8-9H,6-7H2,1H3,(H3,18,20,22,23). The number of urea groups is 1. The zero-order valence-electron chi connectivity index (χ0n) is 13.3. The van der Waals surface area contributed by atoms with Crippen molar-refractivity contribution in [2.45, 2.75) is 25.9 Å². The van der Waals surface area contributed by atoms with Crippen LogP contribution in [0.3, 0.4) is 0 Å². The normalized spacial score (nSPS) is 11.6. The molecule has 0 aliphatic carbocycles. The lowest BCUT2D eigenvalue weighted by Gasteiger charge is -2.11. The Kier molecular flexibility index (Phi) is 5.83. The van der Waals surface area contributed by atoms with Crippen molar-refractivity contribution in [2.24, 2.45) is 5.73 Å². The first-order valence-corrected chi connectivity index (χ1v) is 7.35. The number of rotatable bonds is 6. The molecule has 1 heterocycles. The Morgan fingerprint density at radius 3 is 2.64 bits per heavy atom.